The normalized spacial score (nSPS) is 11.6. The van der Waals surface area contributed by atoms with E-state index in [1.165, 1.54) is 11.8 Å². The van der Waals surface area contributed by atoms with Crippen molar-refractivity contribution in [2.75, 3.05) is 18.3 Å². The van der Waals surface area contributed by atoms with Crippen molar-refractivity contribution >= 4 is 45.8 Å². The smallest absolute Gasteiger partial charge is 0.240 e. The van der Waals surface area contributed by atoms with Gasteiger partial charge in [0.2, 0.25) is 17.0 Å². The number of hydrogen-bond donors (Lipinski definition) is 3. The number of anilines is 1. The minimum absolute atomic E-state index is 0.0680. The third kappa shape index (κ3) is 6.68. The van der Waals surface area contributed by atoms with Gasteiger partial charge in [0.05, 0.1) is 19.1 Å². The Morgan fingerprint density at radius 2 is 2.23 bits per heavy atom. The lowest BCUT2D eigenvalue weighted by Gasteiger charge is -2.19. The second-order valence-electron chi connectivity index (χ2n) is 6.31. The van der Waals surface area contributed by atoms with E-state index in [0.717, 1.165) is 10.0 Å². The molecule has 1 heterocycles. The highest BCUT2D eigenvalue weighted by Gasteiger charge is 2.14. The van der Waals surface area contributed by atoms with Gasteiger partial charge in [-0.3, -0.25) is 4.79 Å². The molecule has 0 radical (unpaired) electrons. The summed E-state index contributed by atoms with van der Waals surface area (Å²) < 4.78 is 6.20. The number of halogens is 1. The lowest BCUT2D eigenvalue weighted by molar-refractivity contribution is -0.119. The number of hydrazone groups is 1. The fourth-order valence-corrected chi connectivity index (χ4v) is 2.89. The Morgan fingerprint density at radius 3 is 2.92 bits per heavy atom. The second-order valence-corrected chi connectivity index (χ2v) is 8.17. The fraction of sp³-hybridized carbons (Fsp3) is 0.375. The number of amides is 1. The van der Waals surface area contributed by atoms with E-state index in [4.69, 9.17) is 4.74 Å². The molecule has 1 aromatic carbocycles. The van der Waals surface area contributed by atoms with Crippen LogP contribution in [0.3, 0.4) is 0 Å². The van der Waals surface area contributed by atoms with Crippen LogP contribution in [0.25, 0.3) is 0 Å². The largest absolute Gasteiger partial charge is 0.496 e. The van der Waals surface area contributed by atoms with Crippen molar-refractivity contribution in [3.8, 4) is 5.75 Å². The monoisotopic (exact) mass is 440 g/mol. The minimum atomic E-state index is -0.258. The van der Waals surface area contributed by atoms with Crippen molar-refractivity contribution in [2.24, 2.45) is 5.10 Å². The van der Waals surface area contributed by atoms with Crippen LogP contribution in [-0.2, 0) is 4.79 Å². The van der Waals surface area contributed by atoms with E-state index >= 15 is 0 Å². The molecule has 8 nitrogen and oxygen atoms in total. The number of benzene rings is 1. The van der Waals surface area contributed by atoms with E-state index in [-0.39, 0.29) is 17.2 Å². The number of H-pyrrole nitrogens is 1. The number of thioether (sulfide) groups is 1. The van der Waals surface area contributed by atoms with E-state index < -0.39 is 0 Å². The van der Waals surface area contributed by atoms with Gasteiger partial charge >= 0.3 is 0 Å². The first-order valence-electron chi connectivity index (χ1n) is 7.75. The summed E-state index contributed by atoms with van der Waals surface area (Å²) in [5.74, 6) is 1.26. The van der Waals surface area contributed by atoms with Gasteiger partial charge < -0.3 is 10.1 Å². The molecule has 10 heteroatoms. The Hall–Kier alpha value is -2.07. The predicted octanol–water partition coefficient (Wildman–Crippen LogP) is 3.03. The second kappa shape index (κ2) is 9.04. The third-order valence-corrected chi connectivity index (χ3v) is 4.22. The first-order valence-corrected chi connectivity index (χ1v) is 9.53. The zero-order valence-electron chi connectivity index (χ0n) is 15.0. The molecule has 0 fully saturated rings. The van der Waals surface area contributed by atoms with Crippen molar-refractivity contribution in [3.05, 3.63) is 28.2 Å². The number of carbonyl (C=O) groups excluding carboxylic acids is 1. The highest BCUT2D eigenvalue weighted by atomic mass is 79.9. The van der Waals surface area contributed by atoms with Gasteiger partial charge in [-0.2, -0.15) is 10.1 Å². The molecule has 2 rings (SSSR count). The Bertz CT molecular complexity index is 787. The zero-order valence-corrected chi connectivity index (χ0v) is 17.4. The maximum absolute atomic E-state index is 11.8. The van der Waals surface area contributed by atoms with Crippen LogP contribution < -0.4 is 15.5 Å². The van der Waals surface area contributed by atoms with Crippen LogP contribution in [0, 0.1) is 0 Å². The highest BCUT2D eigenvalue weighted by molar-refractivity contribution is 9.10. The average molecular weight is 441 g/mol. The molecule has 0 saturated heterocycles. The number of methoxy groups -OCH3 is 1. The molecule has 0 atom stereocenters. The van der Waals surface area contributed by atoms with Gasteiger partial charge in [-0.05, 0) is 39.0 Å². The first kappa shape index (κ1) is 20.2. The van der Waals surface area contributed by atoms with Crippen molar-refractivity contribution in [1.29, 1.82) is 0 Å². The molecule has 26 heavy (non-hydrogen) atoms. The number of rotatable bonds is 7. The Labute approximate surface area is 164 Å². The molecule has 1 amide bonds. The molecule has 3 N–H and O–H groups in total. The molecule has 0 unspecified atom stereocenters. The SMILES string of the molecule is COc1ccc(Br)cc1/C=N/Nc1nc(SCC(=O)NC(C)(C)C)n[nH]1. The van der Waals surface area contributed by atoms with Gasteiger partial charge in [-0.25, -0.2) is 10.5 Å². The lowest BCUT2D eigenvalue weighted by Crippen LogP contribution is -2.41. The number of ether oxygens (including phenoxy) is 1. The Balaban J connectivity index is 1.89. The van der Waals surface area contributed by atoms with E-state index in [1.54, 1.807) is 13.3 Å². The first-order chi connectivity index (χ1) is 12.3. The molecule has 0 aliphatic rings. The molecular formula is C16H21BrN6O2S. The standard InChI is InChI=1S/C16H21BrN6O2S/c1-16(2,3)20-13(24)9-26-15-19-14(22-23-15)21-18-8-10-7-11(17)5-6-12(10)25-4/h5-8H,9H2,1-4H3,(H,20,24)(H2,19,21,22,23)/b18-8+. The summed E-state index contributed by atoms with van der Waals surface area (Å²) >= 11 is 4.66. The summed E-state index contributed by atoms with van der Waals surface area (Å²) in [7, 11) is 1.60. The Morgan fingerprint density at radius 1 is 1.46 bits per heavy atom. The maximum Gasteiger partial charge on any atom is 0.240 e. The summed E-state index contributed by atoms with van der Waals surface area (Å²) in [6.07, 6.45) is 1.62. The molecule has 2 aromatic rings. The lowest BCUT2D eigenvalue weighted by atomic mass is 10.1. The molecule has 140 valence electrons. The molecule has 0 bridgehead atoms. The van der Waals surface area contributed by atoms with Crippen LogP contribution in [0.1, 0.15) is 26.3 Å². The molecule has 1 aromatic heterocycles. The summed E-state index contributed by atoms with van der Waals surface area (Å²) in [4.78, 5) is 16.0. The number of nitrogens with zero attached hydrogens (tertiary/aromatic N) is 3. The van der Waals surface area contributed by atoms with Crippen molar-refractivity contribution in [2.45, 2.75) is 31.5 Å². The van der Waals surface area contributed by atoms with Crippen LogP contribution in [0.2, 0.25) is 0 Å². The van der Waals surface area contributed by atoms with Crippen LogP contribution in [0.15, 0.2) is 32.9 Å². The quantitative estimate of drug-likeness (QED) is 0.347. The van der Waals surface area contributed by atoms with Gasteiger partial charge in [-0.15, -0.1) is 5.10 Å². The molecular weight excluding hydrogens is 420 g/mol. The van der Waals surface area contributed by atoms with Gasteiger partial charge in [0.1, 0.15) is 5.75 Å². The number of aromatic amines is 1. The van der Waals surface area contributed by atoms with Crippen molar-refractivity contribution < 1.29 is 9.53 Å². The number of carbonyl (C=O) groups is 1. The van der Waals surface area contributed by atoms with Gasteiger partial charge in [-0.1, -0.05) is 27.7 Å². The number of nitrogens with one attached hydrogen (secondary N) is 3. The van der Waals surface area contributed by atoms with E-state index in [9.17, 15) is 4.79 Å². The van der Waals surface area contributed by atoms with Crippen molar-refractivity contribution in [3.63, 3.8) is 0 Å². The number of aromatic nitrogens is 3. The summed E-state index contributed by atoms with van der Waals surface area (Å²) in [5.41, 5.74) is 3.32. The molecule has 0 spiro atoms. The fourth-order valence-electron chi connectivity index (χ4n) is 1.91. The van der Waals surface area contributed by atoms with Crippen LogP contribution >= 0.6 is 27.7 Å². The summed E-state index contributed by atoms with van der Waals surface area (Å²) in [6, 6.07) is 5.62. The Kier molecular flexibility index (Phi) is 7.04. The molecule has 0 saturated carbocycles. The van der Waals surface area contributed by atoms with E-state index in [1.807, 2.05) is 39.0 Å². The maximum atomic E-state index is 11.8. The summed E-state index contributed by atoms with van der Waals surface area (Å²) in [6.45, 7) is 5.80. The number of hydrogen-bond acceptors (Lipinski definition) is 7. The molecule has 0 aliphatic carbocycles. The van der Waals surface area contributed by atoms with E-state index in [2.05, 4.69) is 47.0 Å². The van der Waals surface area contributed by atoms with Crippen LogP contribution in [0.4, 0.5) is 5.95 Å². The zero-order chi connectivity index (χ0) is 19.2. The minimum Gasteiger partial charge on any atom is -0.496 e. The summed E-state index contributed by atoms with van der Waals surface area (Å²) in [5, 5.41) is 14.2. The van der Waals surface area contributed by atoms with Gasteiger partial charge in [0, 0.05) is 15.6 Å². The van der Waals surface area contributed by atoms with E-state index in [0.29, 0.717) is 16.9 Å². The predicted molar refractivity (Wildman–Crippen MR) is 107 cm³/mol. The molecule has 0 aliphatic heterocycles. The van der Waals surface area contributed by atoms with Crippen LogP contribution in [-0.4, -0.2) is 45.7 Å². The van der Waals surface area contributed by atoms with Crippen molar-refractivity contribution in [1.82, 2.24) is 20.5 Å². The average Bonchev–Trinajstić information content (AvgIpc) is 2.99. The topological polar surface area (TPSA) is 104 Å². The van der Waals surface area contributed by atoms with Crippen LogP contribution in [0.5, 0.6) is 5.75 Å². The highest BCUT2D eigenvalue weighted by Crippen LogP contribution is 2.21. The van der Waals surface area contributed by atoms with Gasteiger partial charge in [0.25, 0.3) is 0 Å². The van der Waals surface area contributed by atoms with Gasteiger partial charge in [0.15, 0.2) is 0 Å². The third-order valence-electron chi connectivity index (χ3n) is 2.88.